The molecular weight excluding hydrogens is 351 g/mol. The van der Waals surface area contributed by atoms with Gasteiger partial charge in [-0.25, -0.2) is 4.39 Å². The Bertz CT molecular complexity index is 631. The van der Waals surface area contributed by atoms with Crippen molar-refractivity contribution >= 4 is 21.9 Å². The van der Waals surface area contributed by atoms with Crippen molar-refractivity contribution in [1.82, 2.24) is 0 Å². The third-order valence-electron chi connectivity index (χ3n) is 3.09. The number of aliphatic carboxylic acids is 1. The van der Waals surface area contributed by atoms with E-state index in [0.717, 1.165) is 17.5 Å². The Kier molecular flexibility index (Phi) is 5.95. The summed E-state index contributed by atoms with van der Waals surface area (Å²) in [7, 11) is 0. The largest absolute Gasteiger partial charge is 0.492 e. The molecule has 3 nitrogen and oxygen atoms in total. The summed E-state index contributed by atoms with van der Waals surface area (Å²) in [5.41, 5.74) is 1.92. The predicted molar refractivity (Wildman–Crippen MR) is 86.1 cm³/mol. The number of carboxylic acids is 1. The van der Waals surface area contributed by atoms with Crippen molar-refractivity contribution in [2.45, 2.75) is 17.7 Å². The van der Waals surface area contributed by atoms with Crippen LogP contribution in [-0.2, 0) is 17.6 Å². The molecule has 3 rings (SSSR count). The second-order valence-corrected chi connectivity index (χ2v) is 6.22. The molecule has 5 heteroatoms. The summed E-state index contributed by atoms with van der Waals surface area (Å²) in [6, 6.07) is 13.8. The van der Waals surface area contributed by atoms with E-state index >= 15 is 0 Å². The maximum atomic E-state index is 12.7. The smallest absolute Gasteiger partial charge is 0.307 e. The summed E-state index contributed by atoms with van der Waals surface area (Å²) in [5, 5.41) is 8.37. The first-order chi connectivity index (χ1) is 10.5. The quantitative estimate of drug-likeness (QED) is 0.821. The van der Waals surface area contributed by atoms with Crippen LogP contribution >= 0.6 is 15.9 Å². The molecule has 0 amide bonds. The van der Waals surface area contributed by atoms with Gasteiger partial charge in [-0.3, -0.25) is 4.79 Å². The molecule has 1 N–H and O–H groups in total. The molecule has 2 aromatic rings. The Hall–Kier alpha value is -1.88. The molecule has 1 aliphatic rings. The number of rotatable bonds is 2. The highest BCUT2D eigenvalue weighted by Gasteiger charge is 2.17. The monoisotopic (exact) mass is 366 g/mol. The van der Waals surface area contributed by atoms with E-state index in [1.165, 1.54) is 12.1 Å². The molecule has 1 atom stereocenters. The van der Waals surface area contributed by atoms with E-state index in [1.807, 2.05) is 18.2 Å². The Balaban J connectivity index is 0.000000164. The lowest BCUT2D eigenvalue weighted by atomic mass is 10.1. The topological polar surface area (TPSA) is 46.5 Å². The lowest BCUT2D eigenvalue weighted by Gasteiger charge is -2.20. The molecule has 116 valence electrons. The summed E-state index contributed by atoms with van der Waals surface area (Å²) in [6.07, 6.45) is 1.02. The summed E-state index contributed by atoms with van der Waals surface area (Å²) in [6.45, 7) is 0.621. The molecule has 1 aliphatic heterocycles. The van der Waals surface area contributed by atoms with Crippen LogP contribution in [0, 0.1) is 5.82 Å². The number of benzene rings is 2. The maximum Gasteiger partial charge on any atom is 0.307 e. The second kappa shape index (κ2) is 7.94. The van der Waals surface area contributed by atoms with E-state index in [0.29, 0.717) is 17.2 Å². The van der Waals surface area contributed by atoms with Crippen LogP contribution in [-0.4, -0.2) is 22.5 Å². The number of halogens is 2. The van der Waals surface area contributed by atoms with Crippen molar-refractivity contribution in [1.29, 1.82) is 0 Å². The zero-order valence-electron chi connectivity index (χ0n) is 11.8. The first kappa shape index (κ1) is 16.5. The summed E-state index contributed by atoms with van der Waals surface area (Å²) in [5.74, 6) is -0.335. The van der Waals surface area contributed by atoms with E-state index in [9.17, 15) is 9.18 Å². The van der Waals surface area contributed by atoms with Crippen molar-refractivity contribution in [3.63, 3.8) is 0 Å². The van der Waals surface area contributed by atoms with Crippen LogP contribution in [0.15, 0.2) is 48.5 Å². The van der Waals surface area contributed by atoms with Crippen LogP contribution in [0.4, 0.5) is 4.39 Å². The number of carbonyl (C=O) groups is 1. The first-order valence-electron chi connectivity index (χ1n) is 6.85. The third kappa shape index (κ3) is 5.15. The number of ether oxygens (including phenoxy) is 1. The molecule has 0 spiro atoms. The minimum Gasteiger partial charge on any atom is -0.492 e. The average Bonchev–Trinajstić information content (AvgIpc) is 2.49. The van der Waals surface area contributed by atoms with Gasteiger partial charge < -0.3 is 9.84 Å². The number of carboxylic acid groups (broad SMARTS) is 1. The minimum absolute atomic E-state index is 0.112. The van der Waals surface area contributed by atoms with Gasteiger partial charge in [-0.15, -0.1) is 0 Å². The Morgan fingerprint density at radius 3 is 2.68 bits per heavy atom. The highest BCUT2D eigenvalue weighted by atomic mass is 79.9. The average molecular weight is 367 g/mol. The van der Waals surface area contributed by atoms with Crippen molar-refractivity contribution in [3.05, 3.63) is 65.5 Å². The van der Waals surface area contributed by atoms with Crippen molar-refractivity contribution in [2.24, 2.45) is 0 Å². The van der Waals surface area contributed by atoms with Crippen LogP contribution in [0.3, 0.4) is 0 Å². The molecule has 0 saturated carbocycles. The first-order valence-corrected chi connectivity index (χ1v) is 7.77. The lowest BCUT2D eigenvalue weighted by molar-refractivity contribution is -0.136. The van der Waals surface area contributed by atoms with E-state index in [2.05, 4.69) is 15.9 Å². The number of alkyl halides is 1. The molecule has 0 fully saturated rings. The highest BCUT2D eigenvalue weighted by Crippen LogP contribution is 2.27. The Morgan fingerprint density at radius 1 is 1.27 bits per heavy atom. The van der Waals surface area contributed by atoms with Gasteiger partial charge in [-0.2, -0.15) is 0 Å². The van der Waals surface area contributed by atoms with Crippen molar-refractivity contribution < 1.29 is 19.0 Å². The molecule has 1 heterocycles. The standard InChI is InChI=1S/C9H8BrFO.C8H8O2/c10-7-3-6-1-2-8(11)4-9(6)12-5-7;9-8(10)6-7-4-2-1-3-5-7/h1-2,4,7H,3,5H2;1-5H,6H2,(H,9,10). The number of hydrogen-bond acceptors (Lipinski definition) is 2. The predicted octanol–water partition coefficient (Wildman–Crippen LogP) is 3.84. The Morgan fingerprint density at radius 2 is 2.00 bits per heavy atom. The summed E-state index contributed by atoms with van der Waals surface area (Å²) in [4.78, 5) is 10.5. The van der Waals surface area contributed by atoms with E-state index < -0.39 is 5.97 Å². The van der Waals surface area contributed by atoms with Gasteiger partial charge in [0.15, 0.2) is 0 Å². The van der Waals surface area contributed by atoms with Crippen LogP contribution in [0.1, 0.15) is 11.1 Å². The zero-order chi connectivity index (χ0) is 15.9. The molecule has 1 unspecified atom stereocenters. The molecule has 0 radical (unpaired) electrons. The van der Waals surface area contributed by atoms with E-state index in [-0.39, 0.29) is 12.2 Å². The molecular formula is C17H16BrFO3. The van der Waals surface area contributed by atoms with E-state index in [1.54, 1.807) is 18.2 Å². The molecule has 2 aromatic carbocycles. The van der Waals surface area contributed by atoms with Gasteiger partial charge in [0.2, 0.25) is 0 Å². The molecule has 0 saturated heterocycles. The fraction of sp³-hybridized carbons (Fsp3) is 0.235. The molecule has 22 heavy (non-hydrogen) atoms. The lowest BCUT2D eigenvalue weighted by Crippen LogP contribution is -2.20. The summed E-state index contributed by atoms with van der Waals surface area (Å²) >= 11 is 3.46. The van der Waals surface area contributed by atoms with Crippen molar-refractivity contribution in [3.8, 4) is 5.75 Å². The van der Waals surface area contributed by atoms with Crippen LogP contribution < -0.4 is 4.74 Å². The van der Waals surface area contributed by atoms with Gasteiger partial charge in [-0.1, -0.05) is 52.3 Å². The van der Waals surface area contributed by atoms with Crippen LogP contribution in [0.25, 0.3) is 0 Å². The Labute approximate surface area is 136 Å². The number of hydrogen-bond donors (Lipinski definition) is 1. The van der Waals surface area contributed by atoms with Crippen LogP contribution in [0.5, 0.6) is 5.75 Å². The zero-order valence-corrected chi connectivity index (χ0v) is 13.4. The van der Waals surface area contributed by atoms with Gasteiger partial charge in [0, 0.05) is 6.07 Å². The fourth-order valence-electron chi connectivity index (χ4n) is 2.08. The van der Waals surface area contributed by atoms with E-state index in [4.69, 9.17) is 9.84 Å². The van der Waals surface area contributed by atoms with Crippen LogP contribution in [0.2, 0.25) is 0 Å². The van der Waals surface area contributed by atoms with Gasteiger partial charge >= 0.3 is 5.97 Å². The highest BCUT2D eigenvalue weighted by molar-refractivity contribution is 9.09. The minimum atomic E-state index is -0.786. The van der Waals surface area contributed by atoms with Gasteiger partial charge in [-0.05, 0) is 23.6 Å². The van der Waals surface area contributed by atoms with Crippen molar-refractivity contribution in [2.75, 3.05) is 6.61 Å². The number of fused-ring (bicyclic) bond motifs is 1. The summed E-state index contributed by atoms with van der Waals surface area (Å²) < 4.78 is 18.0. The fourth-order valence-corrected chi connectivity index (χ4v) is 2.56. The normalized spacial score (nSPS) is 15.8. The van der Waals surface area contributed by atoms with Gasteiger partial charge in [0.25, 0.3) is 0 Å². The van der Waals surface area contributed by atoms with Gasteiger partial charge in [0.1, 0.15) is 18.2 Å². The van der Waals surface area contributed by atoms with Gasteiger partial charge in [0.05, 0.1) is 11.2 Å². The second-order valence-electron chi connectivity index (χ2n) is 4.92. The maximum absolute atomic E-state index is 12.7. The molecule has 0 aromatic heterocycles. The molecule has 0 bridgehead atoms. The SMILES string of the molecule is Fc1ccc2c(c1)OCC(Br)C2.O=C(O)Cc1ccccc1. The molecule has 0 aliphatic carbocycles. The third-order valence-corrected chi connectivity index (χ3v) is 3.68.